The Morgan fingerprint density at radius 1 is 0.293 bits per heavy atom. The Balaban J connectivity index is 1.19. The van der Waals surface area contributed by atoms with E-state index in [9.17, 15) is 0 Å². The van der Waals surface area contributed by atoms with Crippen molar-refractivity contribution in [2.45, 2.75) is 0 Å². The van der Waals surface area contributed by atoms with Gasteiger partial charge in [-0.25, -0.2) is 15.0 Å². The summed E-state index contributed by atoms with van der Waals surface area (Å²) in [6.07, 6.45) is 0. The fraction of sp³-hybridized carbons (Fsp3) is 0. The van der Waals surface area contributed by atoms with Crippen molar-refractivity contribution in [3.05, 3.63) is 200 Å². The van der Waals surface area contributed by atoms with Crippen molar-refractivity contribution in [1.29, 1.82) is 0 Å². The fourth-order valence-corrected chi connectivity index (χ4v) is 9.05. The molecular weight excluding hydrogens is 707 g/mol. The van der Waals surface area contributed by atoms with Gasteiger partial charge in [-0.3, -0.25) is 0 Å². The number of benzene rings is 9. The molecular formula is C53H33N5. The predicted molar refractivity (Wildman–Crippen MR) is 240 cm³/mol. The minimum absolute atomic E-state index is 0.611. The highest BCUT2D eigenvalue weighted by molar-refractivity contribution is 6.22. The van der Waals surface area contributed by atoms with Crippen LogP contribution in [-0.2, 0) is 0 Å². The molecule has 0 saturated heterocycles. The van der Waals surface area contributed by atoms with Crippen LogP contribution in [0.25, 0.3) is 111 Å². The lowest BCUT2D eigenvalue weighted by molar-refractivity contribution is 1.07. The van der Waals surface area contributed by atoms with Gasteiger partial charge in [0.25, 0.3) is 0 Å². The van der Waals surface area contributed by atoms with Crippen LogP contribution >= 0.6 is 0 Å². The Kier molecular flexibility index (Phi) is 7.16. The average Bonchev–Trinajstić information content (AvgIpc) is 3.82. The Hall–Kier alpha value is -7.89. The molecule has 0 unspecified atom stereocenters. The van der Waals surface area contributed by atoms with E-state index in [-0.39, 0.29) is 0 Å². The molecule has 0 bridgehead atoms. The molecule has 0 radical (unpaired) electrons. The van der Waals surface area contributed by atoms with E-state index in [1.54, 1.807) is 0 Å². The molecule has 58 heavy (non-hydrogen) atoms. The van der Waals surface area contributed by atoms with Gasteiger partial charge in [0.05, 0.1) is 27.8 Å². The fourth-order valence-electron chi connectivity index (χ4n) is 9.05. The zero-order valence-corrected chi connectivity index (χ0v) is 31.3. The smallest absolute Gasteiger partial charge is 0.166 e. The summed E-state index contributed by atoms with van der Waals surface area (Å²) < 4.78 is 4.76. The second kappa shape index (κ2) is 12.8. The molecule has 0 aliphatic carbocycles. The van der Waals surface area contributed by atoms with Crippen molar-refractivity contribution in [3.8, 4) is 45.5 Å². The topological polar surface area (TPSA) is 48.5 Å². The Labute approximate surface area is 333 Å². The summed E-state index contributed by atoms with van der Waals surface area (Å²) in [5.41, 5.74) is 9.43. The molecule has 12 rings (SSSR count). The van der Waals surface area contributed by atoms with Crippen LogP contribution in [0.4, 0.5) is 0 Å². The van der Waals surface area contributed by atoms with Gasteiger partial charge < -0.3 is 9.13 Å². The van der Waals surface area contributed by atoms with Gasteiger partial charge in [0.1, 0.15) is 0 Å². The van der Waals surface area contributed by atoms with Gasteiger partial charge in [-0.05, 0) is 58.6 Å². The van der Waals surface area contributed by atoms with E-state index in [0.29, 0.717) is 17.5 Å². The largest absolute Gasteiger partial charge is 0.309 e. The lowest BCUT2D eigenvalue weighted by atomic mass is 10.0. The van der Waals surface area contributed by atoms with E-state index in [4.69, 9.17) is 15.0 Å². The molecule has 0 atom stereocenters. The molecule has 0 saturated carbocycles. The van der Waals surface area contributed by atoms with Gasteiger partial charge in [0.2, 0.25) is 0 Å². The molecule has 0 spiro atoms. The second-order valence-electron chi connectivity index (χ2n) is 14.8. The minimum Gasteiger partial charge on any atom is -0.309 e. The molecule has 270 valence electrons. The summed E-state index contributed by atoms with van der Waals surface area (Å²) in [6.45, 7) is 0. The van der Waals surface area contributed by atoms with Gasteiger partial charge in [-0.2, -0.15) is 0 Å². The number of fused-ring (bicyclic) bond motifs is 9. The number of aromatic nitrogens is 5. The maximum absolute atomic E-state index is 5.48. The number of para-hydroxylation sites is 3. The molecule has 0 aliphatic heterocycles. The molecule has 3 heterocycles. The summed E-state index contributed by atoms with van der Waals surface area (Å²) in [5.74, 6) is 1.86. The van der Waals surface area contributed by atoms with Gasteiger partial charge in [0.15, 0.2) is 17.5 Å². The van der Waals surface area contributed by atoms with E-state index < -0.39 is 0 Å². The Bertz CT molecular complexity index is 3560. The zero-order valence-electron chi connectivity index (χ0n) is 31.3. The van der Waals surface area contributed by atoms with Gasteiger partial charge in [-0.1, -0.05) is 158 Å². The molecule has 12 aromatic rings. The van der Waals surface area contributed by atoms with E-state index in [1.165, 1.54) is 21.5 Å². The third-order valence-corrected chi connectivity index (χ3v) is 11.5. The van der Waals surface area contributed by atoms with Crippen molar-refractivity contribution in [2.75, 3.05) is 0 Å². The molecule has 3 aromatic heterocycles. The normalized spacial score (nSPS) is 11.8. The number of nitrogens with zero attached hydrogens (tertiary/aromatic N) is 5. The second-order valence-corrected chi connectivity index (χ2v) is 14.8. The first-order valence-corrected chi connectivity index (χ1v) is 19.6. The van der Waals surface area contributed by atoms with Crippen LogP contribution in [0.5, 0.6) is 0 Å². The zero-order chi connectivity index (χ0) is 38.2. The third-order valence-electron chi connectivity index (χ3n) is 11.5. The van der Waals surface area contributed by atoms with Crippen LogP contribution in [0.1, 0.15) is 0 Å². The highest BCUT2D eigenvalue weighted by Gasteiger charge is 2.24. The number of rotatable bonds is 5. The maximum atomic E-state index is 5.48. The summed E-state index contributed by atoms with van der Waals surface area (Å²) in [5, 5.41) is 9.39. The summed E-state index contributed by atoms with van der Waals surface area (Å²) in [6, 6.07) is 70.8. The SMILES string of the molecule is c1ccc(-c2nc(-c3ccc4ccccc4c3-n3c4ccccc4c4c5ccccc5ccc43)nc(-c3cccc4c3c3ccccc3n4-c3ccccc3)n2)cc1. The summed E-state index contributed by atoms with van der Waals surface area (Å²) in [4.78, 5) is 16.1. The molecule has 5 nitrogen and oxygen atoms in total. The first kappa shape index (κ1) is 32.4. The van der Waals surface area contributed by atoms with Crippen LogP contribution in [0, 0.1) is 0 Å². The molecule has 0 N–H and O–H groups in total. The minimum atomic E-state index is 0.611. The van der Waals surface area contributed by atoms with Crippen LogP contribution < -0.4 is 0 Å². The van der Waals surface area contributed by atoms with E-state index in [0.717, 1.165) is 71.7 Å². The quantitative estimate of drug-likeness (QED) is 0.177. The summed E-state index contributed by atoms with van der Waals surface area (Å²) in [7, 11) is 0. The van der Waals surface area contributed by atoms with E-state index >= 15 is 0 Å². The van der Waals surface area contributed by atoms with Crippen molar-refractivity contribution in [3.63, 3.8) is 0 Å². The lowest BCUT2D eigenvalue weighted by Gasteiger charge is -2.17. The highest BCUT2D eigenvalue weighted by Crippen LogP contribution is 2.43. The predicted octanol–water partition coefficient (Wildman–Crippen LogP) is 13.4. The van der Waals surface area contributed by atoms with Gasteiger partial charge in [0, 0.05) is 49.3 Å². The maximum Gasteiger partial charge on any atom is 0.166 e. The average molecular weight is 740 g/mol. The van der Waals surface area contributed by atoms with Crippen molar-refractivity contribution in [1.82, 2.24) is 24.1 Å². The van der Waals surface area contributed by atoms with Crippen molar-refractivity contribution >= 4 is 65.2 Å². The van der Waals surface area contributed by atoms with E-state index in [2.05, 4.69) is 191 Å². The third kappa shape index (κ3) is 4.87. The molecule has 9 aromatic carbocycles. The monoisotopic (exact) mass is 739 g/mol. The van der Waals surface area contributed by atoms with E-state index in [1.807, 2.05) is 18.2 Å². The van der Waals surface area contributed by atoms with Gasteiger partial charge in [-0.15, -0.1) is 0 Å². The van der Waals surface area contributed by atoms with Gasteiger partial charge >= 0.3 is 0 Å². The lowest BCUT2D eigenvalue weighted by Crippen LogP contribution is -2.04. The van der Waals surface area contributed by atoms with Crippen LogP contribution in [0.3, 0.4) is 0 Å². The van der Waals surface area contributed by atoms with Crippen LogP contribution in [0.2, 0.25) is 0 Å². The van der Waals surface area contributed by atoms with Crippen molar-refractivity contribution < 1.29 is 0 Å². The van der Waals surface area contributed by atoms with Crippen LogP contribution in [-0.4, -0.2) is 24.1 Å². The standard InChI is InChI=1S/C53H33N5/c1-3-18-36(19-4-1)51-54-52(42-26-15-29-46-49(42)40-24-11-13-27-44(40)57(46)37-20-5-2-6-21-37)56-53(55-51)43-32-30-35-17-8-10-23-39(35)50(43)58-45-28-14-12-25-41(45)48-38-22-9-7-16-34(38)31-33-47(48)58/h1-33H. The highest BCUT2D eigenvalue weighted by atomic mass is 15.1. The van der Waals surface area contributed by atoms with Crippen LogP contribution in [0.15, 0.2) is 200 Å². The Morgan fingerprint density at radius 3 is 1.57 bits per heavy atom. The molecule has 0 amide bonds. The van der Waals surface area contributed by atoms with Crippen molar-refractivity contribution in [2.24, 2.45) is 0 Å². The number of hydrogen-bond acceptors (Lipinski definition) is 3. The summed E-state index contributed by atoms with van der Waals surface area (Å²) >= 11 is 0. The molecule has 5 heteroatoms. The number of hydrogen-bond donors (Lipinski definition) is 0. The Morgan fingerprint density at radius 2 is 0.810 bits per heavy atom. The molecule has 0 aliphatic rings. The first-order chi connectivity index (χ1) is 28.8. The first-order valence-electron chi connectivity index (χ1n) is 19.6. The molecule has 0 fully saturated rings.